The van der Waals surface area contributed by atoms with Crippen LogP contribution in [0.4, 0.5) is 0 Å². The van der Waals surface area contributed by atoms with Crippen LogP contribution in [0.3, 0.4) is 0 Å². The quantitative estimate of drug-likeness (QED) is 0.898. The highest BCUT2D eigenvalue weighted by atomic mass is 35.5. The summed E-state index contributed by atoms with van der Waals surface area (Å²) in [6, 6.07) is 6.25. The summed E-state index contributed by atoms with van der Waals surface area (Å²) in [6.07, 6.45) is 1.71. The Bertz CT molecular complexity index is 556. The summed E-state index contributed by atoms with van der Waals surface area (Å²) < 4.78 is 32.7. The maximum Gasteiger partial charge on any atom is 0.240 e. The fourth-order valence-electron chi connectivity index (χ4n) is 2.14. The van der Waals surface area contributed by atoms with Crippen LogP contribution in [0.5, 0.6) is 0 Å². The third kappa shape index (κ3) is 3.89. The van der Waals surface area contributed by atoms with Gasteiger partial charge in [0.05, 0.1) is 10.5 Å². The zero-order chi connectivity index (χ0) is 14.6. The average molecular weight is 336 g/mol. The van der Waals surface area contributed by atoms with Crippen LogP contribution in [0.25, 0.3) is 0 Å². The lowest BCUT2D eigenvalue weighted by Gasteiger charge is -2.35. The van der Waals surface area contributed by atoms with E-state index in [0.29, 0.717) is 11.6 Å². The Hall–Kier alpha value is -0.270. The topological polar surface area (TPSA) is 55.4 Å². The van der Waals surface area contributed by atoms with Crippen LogP contribution in [0, 0.1) is 0 Å². The highest BCUT2D eigenvalue weighted by Crippen LogP contribution is 2.29. The van der Waals surface area contributed by atoms with Crippen molar-refractivity contribution in [3.8, 4) is 0 Å². The van der Waals surface area contributed by atoms with Crippen molar-refractivity contribution < 1.29 is 13.2 Å². The minimum Gasteiger partial charge on any atom is -0.377 e. The van der Waals surface area contributed by atoms with E-state index in [2.05, 4.69) is 4.72 Å². The third-order valence-electron chi connectivity index (χ3n) is 3.53. The lowest BCUT2D eigenvalue weighted by atomic mass is 9.97. The monoisotopic (exact) mass is 335 g/mol. The van der Waals surface area contributed by atoms with Gasteiger partial charge in [-0.25, -0.2) is 13.1 Å². The Kier molecular flexibility index (Phi) is 5.36. The highest BCUT2D eigenvalue weighted by molar-refractivity contribution is 7.99. The van der Waals surface area contributed by atoms with Crippen LogP contribution in [0.2, 0.25) is 5.02 Å². The van der Waals surface area contributed by atoms with Crippen LogP contribution in [-0.4, -0.2) is 39.2 Å². The van der Waals surface area contributed by atoms with Crippen molar-refractivity contribution in [2.24, 2.45) is 0 Å². The van der Waals surface area contributed by atoms with E-state index >= 15 is 0 Å². The number of thioether (sulfide) groups is 1. The fourth-order valence-corrected chi connectivity index (χ4v) is 4.79. The summed E-state index contributed by atoms with van der Waals surface area (Å²) in [7, 11) is -1.91. The van der Waals surface area contributed by atoms with Gasteiger partial charge in [0, 0.05) is 18.7 Å². The second-order valence-electron chi connectivity index (χ2n) is 4.78. The van der Waals surface area contributed by atoms with Crippen LogP contribution < -0.4 is 4.72 Å². The van der Waals surface area contributed by atoms with Crippen LogP contribution >= 0.6 is 23.4 Å². The zero-order valence-electron chi connectivity index (χ0n) is 11.3. The number of benzene rings is 1. The van der Waals surface area contributed by atoms with Gasteiger partial charge < -0.3 is 4.74 Å². The molecule has 1 aromatic carbocycles. The first kappa shape index (κ1) is 16.1. The lowest BCUT2D eigenvalue weighted by Crippen LogP contribution is -2.46. The molecule has 0 saturated carbocycles. The van der Waals surface area contributed by atoms with E-state index in [1.807, 2.05) is 11.8 Å². The number of halogens is 1. The molecule has 1 saturated heterocycles. The standard InChI is InChI=1S/C13H18ClNO3S2/c1-18-13(5-7-19-8-6-13)10-15-20(16,17)12-4-2-3-11(14)9-12/h2-4,9,15H,5-8,10H2,1H3. The second-order valence-corrected chi connectivity index (χ2v) is 8.21. The molecule has 1 heterocycles. The van der Waals surface area contributed by atoms with Crippen LogP contribution in [0.15, 0.2) is 29.2 Å². The van der Waals surface area contributed by atoms with E-state index in [-0.39, 0.29) is 4.90 Å². The van der Waals surface area contributed by atoms with Crippen LogP contribution in [0.1, 0.15) is 12.8 Å². The van der Waals surface area contributed by atoms with Crippen molar-refractivity contribution in [1.82, 2.24) is 4.72 Å². The first-order chi connectivity index (χ1) is 9.47. The number of nitrogens with one attached hydrogen (secondary N) is 1. The molecular formula is C13H18ClNO3S2. The first-order valence-electron chi connectivity index (χ1n) is 6.36. The predicted molar refractivity (Wildman–Crippen MR) is 82.9 cm³/mol. The van der Waals surface area contributed by atoms with Gasteiger partial charge in [-0.2, -0.15) is 11.8 Å². The Labute approximate surface area is 129 Å². The molecule has 20 heavy (non-hydrogen) atoms. The van der Waals surface area contributed by atoms with Crippen molar-refractivity contribution in [3.63, 3.8) is 0 Å². The number of ether oxygens (including phenoxy) is 1. The summed E-state index contributed by atoms with van der Waals surface area (Å²) in [5, 5.41) is 0.406. The molecule has 2 rings (SSSR count). The van der Waals surface area contributed by atoms with E-state index < -0.39 is 15.6 Å². The number of hydrogen-bond acceptors (Lipinski definition) is 4. The van der Waals surface area contributed by atoms with Crippen molar-refractivity contribution in [2.75, 3.05) is 25.2 Å². The molecule has 1 aromatic rings. The largest absolute Gasteiger partial charge is 0.377 e. The van der Waals surface area contributed by atoms with Crippen molar-refractivity contribution in [3.05, 3.63) is 29.3 Å². The number of hydrogen-bond donors (Lipinski definition) is 1. The van der Waals surface area contributed by atoms with Gasteiger partial charge in [-0.05, 0) is 42.5 Å². The number of rotatable bonds is 5. The van der Waals surface area contributed by atoms with Gasteiger partial charge in [0.25, 0.3) is 0 Å². The van der Waals surface area contributed by atoms with Gasteiger partial charge in [-0.3, -0.25) is 0 Å². The minimum absolute atomic E-state index is 0.182. The molecule has 0 aromatic heterocycles. The average Bonchev–Trinajstić information content (AvgIpc) is 2.46. The zero-order valence-corrected chi connectivity index (χ0v) is 13.7. The van der Waals surface area contributed by atoms with Gasteiger partial charge >= 0.3 is 0 Å². The lowest BCUT2D eigenvalue weighted by molar-refractivity contribution is -0.0119. The summed E-state index contributed by atoms with van der Waals surface area (Å²) in [5.74, 6) is 1.99. The Morgan fingerprint density at radius 3 is 2.70 bits per heavy atom. The molecule has 1 N–H and O–H groups in total. The minimum atomic E-state index is -3.55. The third-order valence-corrected chi connectivity index (χ3v) is 6.15. The molecule has 0 atom stereocenters. The maximum atomic E-state index is 12.3. The molecule has 7 heteroatoms. The Balaban J connectivity index is 2.08. The Morgan fingerprint density at radius 1 is 1.40 bits per heavy atom. The van der Waals surface area contributed by atoms with Gasteiger partial charge in [0.15, 0.2) is 0 Å². The fraction of sp³-hybridized carbons (Fsp3) is 0.538. The number of sulfonamides is 1. The van der Waals surface area contributed by atoms with Gasteiger partial charge in [0.1, 0.15) is 0 Å². The maximum absolute atomic E-state index is 12.3. The molecule has 1 fully saturated rings. The van der Waals surface area contributed by atoms with E-state index in [9.17, 15) is 8.42 Å². The molecule has 4 nitrogen and oxygen atoms in total. The normalized spacial score (nSPS) is 18.9. The van der Waals surface area contributed by atoms with E-state index in [1.54, 1.807) is 19.2 Å². The molecule has 1 aliphatic heterocycles. The molecule has 0 aliphatic carbocycles. The summed E-state index contributed by atoms with van der Waals surface area (Å²) in [5.41, 5.74) is -0.392. The number of methoxy groups -OCH3 is 1. The molecule has 0 unspecified atom stereocenters. The predicted octanol–water partition coefficient (Wildman–Crippen LogP) is 2.53. The van der Waals surface area contributed by atoms with Crippen molar-refractivity contribution >= 4 is 33.4 Å². The summed E-state index contributed by atoms with van der Waals surface area (Å²) in [6.45, 7) is 0.291. The van der Waals surface area contributed by atoms with E-state index in [4.69, 9.17) is 16.3 Å². The summed E-state index contributed by atoms with van der Waals surface area (Å²) in [4.78, 5) is 0.182. The SMILES string of the molecule is COC1(CNS(=O)(=O)c2cccc(Cl)c2)CCSCC1. The van der Waals surface area contributed by atoms with Crippen molar-refractivity contribution in [1.29, 1.82) is 0 Å². The van der Waals surface area contributed by atoms with Gasteiger partial charge in [0.2, 0.25) is 10.0 Å². The van der Waals surface area contributed by atoms with E-state index in [0.717, 1.165) is 24.3 Å². The molecule has 0 radical (unpaired) electrons. The molecule has 0 bridgehead atoms. The first-order valence-corrected chi connectivity index (χ1v) is 9.37. The molecule has 112 valence electrons. The van der Waals surface area contributed by atoms with Gasteiger partial charge in [-0.1, -0.05) is 17.7 Å². The van der Waals surface area contributed by atoms with E-state index in [1.165, 1.54) is 12.1 Å². The molecule has 0 spiro atoms. The molecule has 1 aliphatic rings. The van der Waals surface area contributed by atoms with Crippen molar-refractivity contribution in [2.45, 2.75) is 23.3 Å². The Morgan fingerprint density at radius 2 is 2.10 bits per heavy atom. The smallest absolute Gasteiger partial charge is 0.240 e. The molecular weight excluding hydrogens is 318 g/mol. The second kappa shape index (κ2) is 6.66. The van der Waals surface area contributed by atoms with Crippen LogP contribution in [-0.2, 0) is 14.8 Å². The summed E-state index contributed by atoms with van der Waals surface area (Å²) >= 11 is 7.70. The van der Waals surface area contributed by atoms with Gasteiger partial charge in [-0.15, -0.1) is 0 Å². The highest BCUT2D eigenvalue weighted by Gasteiger charge is 2.33. The molecule has 0 amide bonds.